The first-order valence-electron chi connectivity index (χ1n) is 9.25. The van der Waals surface area contributed by atoms with E-state index in [0.717, 1.165) is 49.4 Å². The zero-order valence-corrected chi connectivity index (χ0v) is 15.3. The van der Waals surface area contributed by atoms with Crippen LogP contribution in [0.25, 0.3) is 0 Å². The Hall–Kier alpha value is -0.840. The fraction of sp³-hybridized carbons (Fsp3) is 0.909. The second kappa shape index (κ2) is 12.5. The third-order valence-corrected chi connectivity index (χ3v) is 5.89. The van der Waals surface area contributed by atoms with Crippen molar-refractivity contribution in [3.05, 3.63) is 0 Å². The summed E-state index contributed by atoms with van der Waals surface area (Å²) in [6.45, 7) is 10.8. The molecule has 0 aliphatic heterocycles. The molecule has 0 radical (unpaired) electrons. The first-order valence-corrected chi connectivity index (χ1v) is 9.25. The Balaban J connectivity index is 0. The molecular formula is C22H43NO. The average Bonchev–Trinajstić information content (AvgIpc) is 2.98. The number of Topliss-reactive ketones (excluding diaryl/α,β-unsaturated/α-hetero) is 1. The highest BCUT2D eigenvalue weighted by Crippen LogP contribution is 2.35. The fourth-order valence-electron chi connectivity index (χ4n) is 3.91. The molecule has 0 aromatic carbocycles. The van der Waals surface area contributed by atoms with Crippen LogP contribution in [0, 0.1) is 46.8 Å². The van der Waals surface area contributed by atoms with Crippen molar-refractivity contribution in [2.45, 2.75) is 94.4 Å². The van der Waals surface area contributed by atoms with E-state index >= 15 is 0 Å². The molecule has 2 atom stereocenters. The fourth-order valence-corrected chi connectivity index (χ4v) is 3.91. The summed E-state index contributed by atoms with van der Waals surface area (Å²) in [6.07, 6.45) is 8.37. The minimum Gasteiger partial charge on any atom is -0.300 e. The number of nitrogens with zero attached hydrogens (tertiary/aromatic N) is 1. The molecule has 2 nitrogen and oxygen atoms in total. The van der Waals surface area contributed by atoms with Gasteiger partial charge in [0.1, 0.15) is 5.78 Å². The lowest BCUT2D eigenvalue weighted by Gasteiger charge is -2.27. The van der Waals surface area contributed by atoms with Crippen LogP contribution in [0.15, 0.2) is 0 Å². The van der Waals surface area contributed by atoms with Crippen molar-refractivity contribution in [3.8, 4) is 6.07 Å². The Morgan fingerprint density at radius 1 is 0.875 bits per heavy atom. The van der Waals surface area contributed by atoms with Gasteiger partial charge in [0.05, 0.1) is 6.07 Å². The molecule has 2 unspecified atom stereocenters. The van der Waals surface area contributed by atoms with Crippen molar-refractivity contribution in [2.75, 3.05) is 0 Å². The lowest BCUT2D eigenvalue weighted by atomic mass is 9.77. The standard InChI is InChI=1S/C10H17N.C10H18O.2CH4/c1-8(2)10-5-3-9(7-11)4-6-10;1-7(2)9-4-5-10(6-9)8(3)11;;/h8-10H,3-6H2,1-2H3;7,9-10H,4-6H2,1-3H3;2*1H4. The molecule has 0 bridgehead atoms. The van der Waals surface area contributed by atoms with Crippen molar-refractivity contribution < 1.29 is 4.79 Å². The molecule has 0 amide bonds. The molecular weight excluding hydrogens is 294 g/mol. The molecule has 2 saturated carbocycles. The van der Waals surface area contributed by atoms with Crippen LogP contribution in [0.4, 0.5) is 0 Å². The van der Waals surface area contributed by atoms with E-state index in [0.29, 0.717) is 17.6 Å². The molecule has 2 fully saturated rings. The number of nitriles is 1. The highest BCUT2D eigenvalue weighted by atomic mass is 16.1. The van der Waals surface area contributed by atoms with Gasteiger partial charge in [0.15, 0.2) is 0 Å². The molecule has 24 heavy (non-hydrogen) atoms. The maximum absolute atomic E-state index is 11.0. The maximum atomic E-state index is 11.0. The first-order chi connectivity index (χ1) is 10.3. The van der Waals surface area contributed by atoms with E-state index in [1.165, 1.54) is 19.3 Å². The van der Waals surface area contributed by atoms with Crippen LogP contribution in [0.3, 0.4) is 0 Å². The van der Waals surface area contributed by atoms with Crippen LogP contribution in [-0.4, -0.2) is 5.78 Å². The number of hydrogen-bond acceptors (Lipinski definition) is 2. The number of carbonyl (C=O) groups is 1. The third kappa shape index (κ3) is 8.32. The smallest absolute Gasteiger partial charge is 0.132 e. The third-order valence-electron chi connectivity index (χ3n) is 5.89. The second-order valence-corrected chi connectivity index (χ2v) is 8.11. The van der Waals surface area contributed by atoms with Gasteiger partial charge in [-0.1, -0.05) is 42.5 Å². The second-order valence-electron chi connectivity index (χ2n) is 8.11. The SMILES string of the molecule is C.C.CC(=O)C1CCC(C(C)C)C1.CC(C)C1CCC(C#N)CC1. The molecule has 2 aliphatic carbocycles. The number of carbonyl (C=O) groups excluding carboxylic acids is 1. The zero-order chi connectivity index (χ0) is 16.7. The predicted octanol–water partition coefficient (Wildman–Crippen LogP) is 6.89. The summed E-state index contributed by atoms with van der Waals surface area (Å²) >= 11 is 0. The molecule has 0 aromatic rings. The van der Waals surface area contributed by atoms with Gasteiger partial charge in [-0.25, -0.2) is 0 Å². The van der Waals surface area contributed by atoms with E-state index in [9.17, 15) is 4.79 Å². The summed E-state index contributed by atoms with van der Waals surface area (Å²) in [6, 6.07) is 2.36. The summed E-state index contributed by atoms with van der Waals surface area (Å²) in [5.41, 5.74) is 0. The minimum absolute atomic E-state index is 0. The Morgan fingerprint density at radius 3 is 1.62 bits per heavy atom. The largest absolute Gasteiger partial charge is 0.300 e. The Morgan fingerprint density at radius 2 is 1.33 bits per heavy atom. The zero-order valence-electron chi connectivity index (χ0n) is 15.3. The van der Waals surface area contributed by atoms with E-state index in [4.69, 9.17) is 5.26 Å². The van der Waals surface area contributed by atoms with E-state index in [1.54, 1.807) is 6.92 Å². The molecule has 0 spiro atoms. The van der Waals surface area contributed by atoms with E-state index < -0.39 is 0 Å². The van der Waals surface area contributed by atoms with Gasteiger partial charge in [0.25, 0.3) is 0 Å². The number of hydrogen-bond donors (Lipinski definition) is 0. The molecule has 0 N–H and O–H groups in total. The normalized spacial score (nSPS) is 28.9. The van der Waals surface area contributed by atoms with E-state index in [-0.39, 0.29) is 14.9 Å². The molecule has 0 aromatic heterocycles. The van der Waals surface area contributed by atoms with Gasteiger partial charge in [-0.15, -0.1) is 0 Å². The van der Waals surface area contributed by atoms with E-state index in [1.807, 2.05) is 0 Å². The molecule has 2 aliphatic rings. The Labute approximate surface area is 152 Å². The van der Waals surface area contributed by atoms with E-state index in [2.05, 4.69) is 33.8 Å². The Kier molecular flexibility index (Phi) is 13.2. The topological polar surface area (TPSA) is 40.9 Å². The Bertz CT molecular complexity index is 372. The van der Waals surface area contributed by atoms with Gasteiger partial charge in [0.2, 0.25) is 0 Å². The van der Waals surface area contributed by atoms with Crippen LogP contribution in [0.5, 0.6) is 0 Å². The van der Waals surface area contributed by atoms with Crippen LogP contribution < -0.4 is 0 Å². The van der Waals surface area contributed by atoms with Gasteiger partial charge >= 0.3 is 0 Å². The van der Waals surface area contributed by atoms with Crippen molar-refractivity contribution in [2.24, 2.45) is 35.5 Å². The quantitative estimate of drug-likeness (QED) is 0.562. The lowest BCUT2D eigenvalue weighted by Crippen LogP contribution is -2.17. The van der Waals surface area contributed by atoms with Crippen molar-refractivity contribution in [3.63, 3.8) is 0 Å². The van der Waals surface area contributed by atoms with Crippen LogP contribution in [0.1, 0.15) is 94.4 Å². The van der Waals surface area contributed by atoms with Gasteiger partial charge in [0, 0.05) is 11.8 Å². The molecule has 0 saturated heterocycles. The molecule has 2 rings (SSSR count). The van der Waals surface area contributed by atoms with Crippen LogP contribution in [0.2, 0.25) is 0 Å². The van der Waals surface area contributed by atoms with Gasteiger partial charge < -0.3 is 0 Å². The van der Waals surface area contributed by atoms with Crippen LogP contribution in [-0.2, 0) is 4.79 Å². The number of rotatable bonds is 3. The summed E-state index contributed by atoms with van der Waals surface area (Å²) in [5.74, 6) is 4.43. The summed E-state index contributed by atoms with van der Waals surface area (Å²) in [4.78, 5) is 11.0. The van der Waals surface area contributed by atoms with Gasteiger partial charge in [-0.05, 0) is 75.5 Å². The first kappa shape index (κ1) is 25.4. The summed E-state index contributed by atoms with van der Waals surface area (Å²) in [5, 5.41) is 8.67. The lowest BCUT2D eigenvalue weighted by molar-refractivity contribution is -0.120. The maximum Gasteiger partial charge on any atom is 0.132 e. The minimum atomic E-state index is 0. The summed E-state index contributed by atoms with van der Waals surface area (Å²) in [7, 11) is 0. The predicted molar refractivity (Wildman–Crippen MR) is 106 cm³/mol. The molecule has 2 heteroatoms. The van der Waals surface area contributed by atoms with Gasteiger partial charge in [-0.3, -0.25) is 4.79 Å². The highest BCUT2D eigenvalue weighted by molar-refractivity contribution is 5.78. The average molecular weight is 338 g/mol. The molecule has 0 heterocycles. The van der Waals surface area contributed by atoms with Crippen LogP contribution >= 0.6 is 0 Å². The molecule has 142 valence electrons. The monoisotopic (exact) mass is 337 g/mol. The number of ketones is 1. The van der Waals surface area contributed by atoms with Crippen molar-refractivity contribution >= 4 is 5.78 Å². The van der Waals surface area contributed by atoms with Crippen molar-refractivity contribution in [1.82, 2.24) is 0 Å². The van der Waals surface area contributed by atoms with Crippen molar-refractivity contribution in [1.29, 1.82) is 5.26 Å². The highest BCUT2D eigenvalue weighted by Gasteiger charge is 2.29. The summed E-state index contributed by atoms with van der Waals surface area (Å²) < 4.78 is 0. The van der Waals surface area contributed by atoms with Gasteiger partial charge in [-0.2, -0.15) is 5.26 Å².